The zero-order chi connectivity index (χ0) is 16.8. The maximum atomic E-state index is 11.9. The van der Waals surface area contributed by atoms with Crippen molar-refractivity contribution < 1.29 is 23.9 Å². The van der Waals surface area contributed by atoms with Gasteiger partial charge in [-0.05, 0) is 31.2 Å². The van der Waals surface area contributed by atoms with Crippen molar-refractivity contribution in [1.29, 1.82) is 0 Å². The maximum absolute atomic E-state index is 11.9. The number of urea groups is 1. The fourth-order valence-electron chi connectivity index (χ4n) is 1.88. The van der Waals surface area contributed by atoms with Gasteiger partial charge in [0, 0.05) is 5.02 Å². The quantitative estimate of drug-likeness (QED) is 0.796. The van der Waals surface area contributed by atoms with Crippen molar-refractivity contribution in [2.45, 2.75) is 6.92 Å². The van der Waals surface area contributed by atoms with Crippen molar-refractivity contribution in [3.63, 3.8) is 0 Å². The summed E-state index contributed by atoms with van der Waals surface area (Å²) < 4.78 is 10.0. The van der Waals surface area contributed by atoms with Crippen LogP contribution in [0.4, 0.5) is 4.79 Å². The molecule has 7 nitrogen and oxygen atoms in total. The molecule has 0 unspecified atom stereocenters. The fourth-order valence-corrected chi connectivity index (χ4v) is 2.00. The molecular formula is C15H15ClN2O5. The lowest BCUT2D eigenvalue weighted by Gasteiger charge is -2.21. The number of esters is 2. The first-order valence-corrected chi connectivity index (χ1v) is 7.25. The molecule has 1 aromatic carbocycles. The Morgan fingerprint density at radius 3 is 2.52 bits per heavy atom. The third kappa shape index (κ3) is 4.46. The monoisotopic (exact) mass is 338 g/mol. The first kappa shape index (κ1) is 16.8. The smallest absolute Gasteiger partial charge is 0.338 e. The lowest BCUT2D eigenvalue weighted by Crippen LogP contribution is -2.45. The van der Waals surface area contributed by atoms with Crippen LogP contribution in [0.15, 0.2) is 35.5 Å². The third-order valence-electron chi connectivity index (χ3n) is 3.00. The highest BCUT2D eigenvalue weighted by atomic mass is 35.5. The summed E-state index contributed by atoms with van der Waals surface area (Å²) in [7, 11) is 0. The first-order valence-electron chi connectivity index (χ1n) is 6.88. The molecule has 122 valence electrons. The van der Waals surface area contributed by atoms with Gasteiger partial charge in [0.25, 0.3) is 0 Å². The molecule has 0 saturated carbocycles. The topological polar surface area (TPSA) is 93.7 Å². The molecule has 1 aliphatic heterocycles. The molecule has 0 aliphatic carbocycles. The van der Waals surface area contributed by atoms with E-state index in [1.807, 2.05) is 0 Å². The molecule has 0 fully saturated rings. The van der Waals surface area contributed by atoms with Crippen molar-refractivity contribution >= 4 is 29.6 Å². The van der Waals surface area contributed by atoms with Gasteiger partial charge in [-0.2, -0.15) is 0 Å². The lowest BCUT2D eigenvalue weighted by atomic mass is 10.1. The van der Waals surface area contributed by atoms with Gasteiger partial charge in [0.05, 0.1) is 30.0 Å². The van der Waals surface area contributed by atoms with Crippen LogP contribution in [0.25, 0.3) is 0 Å². The molecule has 2 amide bonds. The summed E-state index contributed by atoms with van der Waals surface area (Å²) in [6.07, 6.45) is 0. The molecular weight excluding hydrogens is 324 g/mol. The number of amides is 2. The second-order valence-corrected chi connectivity index (χ2v) is 5.00. The highest BCUT2D eigenvalue weighted by Crippen LogP contribution is 2.12. The number of ether oxygens (including phenoxy) is 2. The van der Waals surface area contributed by atoms with Crippen LogP contribution in [0.2, 0.25) is 5.02 Å². The van der Waals surface area contributed by atoms with Gasteiger partial charge in [-0.3, -0.25) is 0 Å². The Morgan fingerprint density at radius 2 is 1.87 bits per heavy atom. The van der Waals surface area contributed by atoms with Crippen LogP contribution < -0.4 is 10.6 Å². The van der Waals surface area contributed by atoms with Crippen molar-refractivity contribution in [3.05, 3.63) is 46.1 Å². The molecule has 0 radical (unpaired) electrons. The second kappa shape index (κ2) is 7.64. The minimum Gasteiger partial charge on any atom is -0.463 e. The van der Waals surface area contributed by atoms with Crippen molar-refractivity contribution in [1.82, 2.24) is 10.6 Å². The summed E-state index contributed by atoms with van der Waals surface area (Å²) in [5.74, 6) is -1.16. The number of rotatable bonds is 5. The third-order valence-corrected chi connectivity index (χ3v) is 3.26. The lowest BCUT2D eigenvalue weighted by molar-refractivity contribution is -0.138. The second-order valence-electron chi connectivity index (χ2n) is 4.57. The van der Waals surface area contributed by atoms with E-state index in [4.69, 9.17) is 21.1 Å². The van der Waals surface area contributed by atoms with Gasteiger partial charge in [0.2, 0.25) is 0 Å². The Kier molecular flexibility index (Phi) is 5.59. The zero-order valence-corrected chi connectivity index (χ0v) is 13.1. The van der Waals surface area contributed by atoms with Crippen molar-refractivity contribution in [3.8, 4) is 0 Å². The number of nitrogens with one attached hydrogen (secondary N) is 2. The number of carbonyl (C=O) groups is 3. The van der Waals surface area contributed by atoms with Gasteiger partial charge in [-0.25, -0.2) is 14.4 Å². The van der Waals surface area contributed by atoms with E-state index < -0.39 is 18.0 Å². The molecule has 1 heterocycles. The number of carbonyl (C=O) groups excluding carboxylic acids is 3. The maximum Gasteiger partial charge on any atom is 0.338 e. The zero-order valence-electron chi connectivity index (χ0n) is 12.3. The minimum absolute atomic E-state index is 0.0124. The van der Waals surface area contributed by atoms with E-state index in [1.54, 1.807) is 19.1 Å². The number of hydrogen-bond donors (Lipinski definition) is 2. The number of hydrogen-bond acceptors (Lipinski definition) is 5. The van der Waals surface area contributed by atoms with E-state index in [0.717, 1.165) is 0 Å². The SMILES string of the molecule is CCOC(=O)C1=C(COC(=O)c2ccc(Cl)cc2)NC(=O)NC1. The molecule has 1 aromatic rings. The van der Waals surface area contributed by atoms with Gasteiger partial charge in [-0.1, -0.05) is 11.6 Å². The van der Waals surface area contributed by atoms with Crippen LogP contribution in [0.5, 0.6) is 0 Å². The summed E-state index contributed by atoms with van der Waals surface area (Å²) in [5.41, 5.74) is 0.734. The molecule has 0 saturated heterocycles. The molecule has 8 heteroatoms. The average Bonchev–Trinajstić information content (AvgIpc) is 2.53. The Hall–Kier alpha value is -2.54. The molecule has 2 N–H and O–H groups in total. The van der Waals surface area contributed by atoms with Crippen LogP contribution in [-0.4, -0.2) is 37.7 Å². The summed E-state index contributed by atoms with van der Waals surface area (Å²) in [5, 5.41) is 5.41. The standard InChI is InChI=1S/C15H15ClN2O5/c1-2-22-14(20)11-7-17-15(21)18-12(11)8-23-13(19)9-3-5-10(16)6-4-9/h3-6H,2,7-8H2,1H3,(H2,17,18,21). The van der Waals surface area contributed by atoms with E-state index >= 15 is 0 Å². The summed E-state index contributed by atoms with van der Waals surface area (Å²) >= 11 is 5.75. The molecule has 23 heavy (non-hydrogen) atoms. The molecule has 0 bridgehead atoms. The summed E-state index contributed by atoms with van der Waals surface area (Å²) in [6, 6.07) is 5.69. The van der Waals surface area contributed by atoms with Crippen molar-refractivity contribution in [2.75, 3.05) is 19.8 Å². The highest BCUT2D eigenvalue weighted by Gasteiger charge is 2.24. The van der Waals surface area contributed by atoms with E-state index in [0.29, 0.717) is 10.6 Å². The van der Waals surface area contributed by atoms with E-state index in [-0.39, 0.29) is 31.0 Å². The largest absolute Gasteiger partial charge is 0.463 e. The van der Waals surface area contributed by atoms with Crippen LogP contribution in [0, 0.1) is 0 Å². The summed E-state index contributed by atoms with van der Waals surface area (Å²) in [6.45, 7) is 1.64. The van der Waals surface area contributed by atoms with Crippen LogP contribution >= 0.6 is 11.6 Å². The molecule has 1 aliphatic rings. The Labute approximate surface area is 137 Å². The Bertz CT molecular complexity index is 654. The summed E-state index contributed by atoms with van der Waals surface area (Å²) in [4.78, 5) is 35.2. The highest BCUT2D eigenvalue weighted by molar-refractivity contribution is 6.30. The van der Waals surface area contributed by atoms with E-state index in [9.17, 15) is 14.4 Å². The van der Waals surface area contributed by atoms with Crippen LogP contribution in [0.3, 0.4) is 0 Å². The number of halogens is 1. The minimum atomic E-state index is -0.592. The Balaban J connectivity index is 2.08. The van der Waals surface area contributed by atoms with Crippen molar-refractivity contribution in [2.24, 2.45) is 0 Å². The first-order chi connectivity index (χ1) is 11.0. The normalized spacial score (nSPS) is 13.9. The van der Waals surface area contributed by atoms with E-state index in [1.165, 1.54) is 12.1 Å². The fraction of sp³-hybridized carbons (Fsp3) is 0.267. The predicted molar refractivity (Wildman–Crippen MR) is 81.9 cm³/mol. The Morgan fingerprint density at radius 1 is 1.17 bits per heavy atom. The van der Waals surface area contributed by atoms with Gasteiger partial charge >= 0.3 is 18.0 Å². The predicted octanol–water partition coefficient (Wildman–Crippen LogP) is 1.63. The van der Waals surface area contributed by atoms with Gasteiger partial charge in [0.15, 0.2) is 0 Å². The molecule has 0 aromatic heterocycles. The van der Waals surface area contributed by atoms with Gasteiger partial charge < -0.3 is 20.1 Å². The van der Waals surface area contributed by atoms with Crippen LogP contribution in [0.1, 0.15) is 17.3 Å². The molecule has 2 rings (SSSR count). The molecule has 0 atom stereocenters. The van der Waals surface area contributed by atoms with E-state index in [2.05, 4.69) is 10.6 Å². The van der Waals surface area contributed by atoms with Gasteiger partial charge in [0.1, 0.15) is 6.61 Å². The van der Waals surface area contributed by atoms with Crippen LogP contribution in [-0.2, 0) is 14.3 Å². The van der Waals surface area contributed by atoms with Gasteiger partial charge in [-0.15, -0.1) is 0 Å². The molecule has 0 spiro atoms. The average molecular weight is 339 g/mol. The number of benzene rings is 1.